The fraction of sp³-hybridized carbons (Fsp3) is 0.674. The molecule has 1 N–H and O–H groups in total. The van der Waals surface area contributed by atoms with Gasteiger partial charge in [0.25, 0.3) is 0 Å². The number of Topliss-reactive ketones (excluding diaryl/α,β-unsaturated/α-hetero) is 1. The molecule has 1 amide bonds. The van der Waals surface area contributed by atoms with Crippen molar-refractivity contribution < 1.29 is 57.2 Å². The van der Waals surface area contributed by atoms with Crippen molar-refractivity contribution in [3.05, 3.63) is 47.6 Å². The van der Waals surface area contributed by atoms with Crippen LogP contribution in [0.3, 0.4) is 0 Å². The van der Waals surface area contributed by atoms with Crippen LogP contribution in [-0.4, -0.2) is 90.9 Å². The summed E-state index contributed by atoms with van der Waals surface area (Å²) < 4.78 is 34.1. The first-order valence-electron chi connectivity index (χ1n) is 20.4. The van der Waals surface area contributed by atoms with Crippen molar-refractivity contribution in [3.63, 3.8) is 0 Å². The Labute approximate surface area is 328 Å². The fourth-order valence-corrected chi connectivity index (χ4v) is 8.52. The van der Waals surface area contributed by atoms with Gasteiger partial charge in [-0.2, -0.15) is 0 Å². The zero-order valence-corrected chi connectivity index (χ0v) is 32.9. The summed E-state index contributed by atoms with van der Waals surface area (Å²) in [7, 11) is 0. The van der Waals surface area contributed by atoms with Crippen LogP contribution in [0.1, 0.15) is 117 Å². The number of carbonyl (C=O) groups excluding carboxylic acids is 6. The second-order valence-electron chi connectivity index (χ2n) is 16.6. The quantitative estimate of drug-likeness (QED) is 0.0529. The van der Waals surface area contributed by atoms with Gasteiger partial charge in [-0.1, -0.05) is 31.7 Å². The summed E-state index contributed by atoms with van der Waals surface area (Å²) >= 11 is 0. The number of esters is 4. The second kappa shape index (κ2) is 18.0. The number of ether oxygens (including phenoxy) is 6. The minimum absolute atomic E-state index is 0.0107. The topological polar surface area (TPSA) is 176 Å². The predicted octanol–water partition coefficient (Wildman–Crippen LogP) is 5.39. The third kappa shape index (κ3) is 10.4. The number of hydrogen-bond acceptors (Lipinski definition) is 12. The Kier molecular flexibility index (Phi) is 13.4. The highest BCUT2D eigenvalue weighted by Gasteiger charge is 2.62. The molecule has 4 heterocycles. The summed E-state index contributed by atoms with van der Waals surface area (Å²) in [6.07, 6.45) is 11.5. The summed E-state index contributed by atoms with van der Waals surface area (Å²) in [5.74, 6) is -2.12. The molecule has 56 heavy (non-hydrogen) atoms. The third-order valence-electron chi connectivity index (χ3n) is 12.3. The first-order valence-corrected chi connectivity index (χ1v) is 20.4. The standard InChI is InChI=1S/C43H57NO12/c1-26-31-16-13-28(10-8-21-42(3)38(55-42)36(31)53-40(26)49)24-51-34(47)19-15-30(45)12-6-5-7-23-44-33(46)18-20-35(48)52-25-29-11-9-22-43(4)39(56-43)37-32(17-14-29)27(2)41(50)54-37/h10-11,31-32,36-39H,1-2,5-9,12-25H2,3-4H3,(H,44,46)/b28-10+,29-11+/t31-,32-,36-,37-,38-,39-,42+,43+/m0/s1. The lowest BCUT2D eigenvalue weighted by Crippen LogP contribution is -2.29. The first kappa shape index (κ1) is 41.5. The number of epoxide rings is 2. The zero-order chi connectivity index (χ0) is 40.0. The highest BCUT2D eigenvalue weighted by molar-refractivity contribution is 5.91. The first-order chi connectivity index (χ1) is 26.8. The number of carbonyl (C=O) groups is 6. The minimum Gasteiger partial charge on any atom is -0.461 e. The minimum atomic E-state index is -0.452. The molecule has 4 fully saturated rings. The summed E-state index contributed by atoms with van der Waals surface area (Å²) in [4.78, 5) is 74.0. The van der Waals surface area contributed by atoms with E-state index >= 15 is 0 Å². The van der Waals surface area contributed by atoms with Gasteiger partial charge in [-0.25, -0.2) is 9.59 Å². The van der Waals surface area contributed by atoms with Gasteiger partial charge in [0.2, 0.25) is 5.91 Å². The molecule has 2 aliphatic carbocycles. The Hall–Kier alpha value is -4.10. The number of hydrogen-bond donors (Lipinski definition) is 1. The van der Waals surface area contributed by atoms with Gasteiger partial charge in [-0.05, 0) is 89.2 Å². The molecule has 6 rings (SSSR count). The number of fused-ring (bicyclic) bond motifs is 6. The van der Waals surface area contributed by atoms with Crippen LogP contribution in [0.2, 0.25) is 0 Å². The van der Waals surface area contributed by atoms with E-state index in [1.54, 1.807) is 0 Å². The molecule has 13 heteroatoms. The average Bonchev–Trinajstić information content (AvgIpc) is 3.98. The third-order valence-corrected chi connectivity index (χ3v) is 12.3. The van der Waals surface area contributed by atoms with Crippen LogP contribution in [0.15, 0.2) is 47.6 Å². The molecule has 4 saturated heterocycles. The Morgan fingerprint density at radius 2 is 1.21 bits per heavy atom. The largest absolute Gasteiger partial charge is 0.461 e. The van der Waals surface area contributed by atoms with Crippen LogP contribution in [0.5, 0.6) is 0 Å². The molecule has 0 aromatic carbocycles. The van der Waals surface area contributed by atoms with Crippen LogP contribution in [0, 0.1) is 11.8 Å². The summed E-state index contributed by atoms with van der Waals surface area (Å²) in [6, 6.07) is 0. The van der Waals surface area contributed by atoms with Gasteiger partial charge >= 0.3 is 23.9 Å². The number of ketones is 1. The predicted molar refractivity (Wildman–Crippen MR) is 202 cm³/mol. The number of allylic oxidation sites excluding steroid dienone is 2. The van der Waals surface area contributed by atoms with Crippen molar-refractivity contribution in [2.75, 3.05) is 19.8 Å². The van der Waals surface area contributed by atoms with Gasteiger partial charge in [-0.15, -0.1) is 0 Å². The molecule has 0 radical (unpaired) electrons. The molecule has 8 atom stereocenters. The lowest BCUT2D eigenvalue weighted by atomic mass is 9.84. The van der Waals surface area contributed by atoms with Gasteiger partial charge in [0.15, 0.2) is 0 Å². The van der Waals surface area contributed by atoms with E-state index in [1.807, 2.05) is 13.8 Å². The van der Waals surface area contributed by atoms with Crippen LogP contribution in [0.4, 0.5) is 0 Å². The molecule has 6 aliphatic rings. The fourth-order valence-electron chi connectivity index (χ4n) is 8.52. The van der Waals surface area contributed by atoms with Gasteiger partial charge in [0.1, 0.15) is 43.4 Å². The monoisotopic (exact) mass is 779 g/mol. The number of unbranched alkanes of at least 4 members (excludes halogenated alkanes) is 2. The lowest BCUT2D eigenvalue weighted by Gasteiger charge is -2.20. The van der Waals surface area contributed by atoms with Crippen molar-refractivity contribution in [1.82, 2.24) is 5.32 Å². The maximum Gasteiger partial charge on any atom is 0.334 e. The van der Waals surface area contributed by atoms with Crippen LogP contribution in [0.25, 0.3) is 0 Å². The van der Waals surface area contributed by atoms with Gasteiger partial charge in [0.05, 0.1) is 24.0 Å². The molecule has 0 aromatic rings. The van der Waals surface area contributed by atoms with E-state index in [-0.39, 0.29) is 110 Å². The van der Waals surface area contributed by atoms with Crippen LogP contribution >= 0.6 is 0 Å². The Morgan fingerprint density at radius 1 is 0.714 bits per heavy atom. The maximum absolute atomic E-state index is 12.5. The van der Waals surface area contributed by atoms with E-state index in [0.717, 1.165) is 43.3 Å². The molecular weight excluding hydrogens is 722 g/mol. The smallest absolute Gasteiger partial charge is 0.334 e. The van der Waals surface area contributed by atoms with E-state index in [9.17, 15) is 28.8 Å². The number of rotatable bonds is 16. The molecule has 0 bridgehead atoms. The Morgan fingerprint density at radius 3 is 1.73 bits per heavy atom. The van der Waals surface area contributed by atoms with Crippen LogP contribution < -0.4 is 5.32 Å². The van der Waals surface area contributed by atoms with E-state index in [4.69, 9.17) is 28.4 Å². The number of nitrogens with one attached hydrogen (secondary N) is 1. The highest BCUT2D eigenvalue weighted by atomic mass is 16.7. The molecule has 0 saturated carbocycles. The molecule has 0 spiro atoms. The van der Waals surface area contributed by atoms with E-state index in [0.29, 0.717) is 62.6 Å². The number of amides is 1. The summed E-state index contributed by atoms with van der Waals surface area (Å²) in [6.45, 7) is 12.7. The maximum atomic E-state index is 12.5. The summed E-state index contributed by atoms with van der Waals surface area (Å²) in [5, 5.41) is 2.82. The van der Waals surface area contributed by atoms with Gasteiger partial charge in [-0.3, -0.25) is 19.2 Å². The van der Waals surface area contributed by atoms with E-state index in [2.05, 4.69) is 30.6 Å². The van der Waals surface area contributed by atoms with Crippen molar-refractivity contribution in [2.45, 2.75) is 152 Å². The van der Waals surface area contributed by atoms with Crippen molar-refractivity contribution in [2.24, 2.45) is 11.8 Å². The van der Waals surface area contributed by atoms with Crippen molar-refractivity contribution >= 4 is 35.6 Å². The Balaban J connectivity index is 0.786. The summed E-state index contributed by atoms with van der Waals surface area (Å²) in [5.41, 5.74) is 2.21. The zero-order valence-electron chi connectivity index (χ0n) is 32.9. The van der Waals surface area contributed by atoms with Crippen molar-refractivity contribution in [1.29, 1.82) is 0 Å². The molecule has 306 valence electrons. The lowest BCUT2D eigenvalue weighted by molar-refractivity contribution is -0.144. The molecular formula is C43H57NO12. The molecule has 13 nitrogen and oxygen atoms in total. The molecule has 4 aliphatic heterocycles. The normalized spacial score (nSPS) is 34.0. The highest BCUT2D eigenvalue weighted by Crippen LogP contribution is 2.51. The Bertz CT molecular complexity index is 1540. The van der Waals surface area contributed by atoms with Gasteiger partial charge in [0, 0.05) is 48.8 Å². The van der Waals surface area contributed by atoms with Crippen LogP contribution in [-0.2, 0) is 57.2 Å². The SMILES string of the molecule is C=C1C(=O)O[C@H]2[C@H]1CC/C(COC(=O)CCC(=O)CCCCCNC(=O)CCC(=O)OC/C1=C/CC[C@@]3(C)O[C@H]3[C@H]3OC(=O)C(=C)[C@@H]3CC1)=C\CC[C@@]1(C)O[C@@H]21. The van der Waals surface area contributed by atoms with E-state index in [1.165, 1.54) is 0 Å². The second-order valence-corrected chi connectivity index (χ2v) is 16.6. The molecule has 0 unspecified atom stereocenters. The molecule has 0 aromatic heterocycles. The van der Waals surface area contributed by atoms with E-state index < -0.39 is 11.9 Å². The van der Waals surface area contributed by atoms with Gasteiger partial charge < -0.3 is 33.7 Å². The average molecular weight is 780 g/mol. The van der Waals surface area contributed by atoms with Crippen molar-refractivity contribution in [3.8, 4) is 0 Å².